The van der Waals surface area contributed by atoms with Gasteiger partial charge in [0.2, 0.25) is 0 Å². The average Bonchev–Trinajstić information content (AvgIpc) is 3.61. The van der Waals surface area contributed by atoms with Gasteiger partial charge in [0.05, 0.1) is 49.1 Å². The molecule has 1 aromatic carbocycles. The Kier molecular flexibility index (Phi) is 5.33. The van der Waals surface area contributed by atoms with E-state index in [2.05, 4.69) is 44.1 Å². The average molecular weight is 476 g/mol. The van der Waals surface area contributed by atoms with Crippen LogP contribution in [0.2, 0.25) is 0 Å². The van der Waals surface area contributed by atoms with Crippen molar-refractivity contribution in [2.24, 2.45) is 0 Å². The summed E-state index contributed by atoms with van der Waals surface area (Å²) in [6.07, 6.45) is 5.66. The van der Waals surface area contributed by atoms with Crippen LogP contribution in [-0.2, 0) is 11.3 Å². The zero-order chi connectivity index (χ0) is 23.9. The molecule has 0 saturated carbocycles. The number of morpholine rings is 1. The van der Waals surface area contributed by atoms with Crippen LogP contribution in [0.4, 0.5) is 15.9 Å². The summed E-state index contributed by atoms with van der Waals surface area (Å²) >= 11 is 0. The zero-order valence-corrected chi connectivity index (χ0v) is 19.6. The van der Waals surface area contributed by atoms with E-state index in [1.54, 1.807) is 6.07 Å². The van der Waals surface area contributed by atoms with Crippen LogP contribution in [0.15, 0.2) is 42.9 Å². The predicted octanol–water partition coefficient (Wildman–Crippen LogP) is 3.64. The maximum Gasteiger partial charge on any atom is 0.177 e. The first-order chi connectivity index (χ1) is 17.1. The summed E-state index contributed by atoms with van der Waals surface area (Å²) in [6, 6.07) is 7.15. The Morgan fingerprint density at radius 3 is 2.83 bits per heavy atom. The van der Waals surface area contributed by atoms with Gasteiger partial charge in [0.1, 0.15) is 11.3 Å². The number of nitrogens with zero attached hydrogens (tertiary/aromatic N) is 7. The van der Waals surface area contributed by atoms with Gasteiger partial charge in [-0.3, -0.25) is 4.68 Å². The number of rotatable bonds is 6. The molecular weight excluding hydrogens is 449 g/mol. The normalized spacial score (nSPS) is 14.5. The third kappa shape index (κ3) is 3.97. The first-order valence-electron chi connectivity index (χ1n) is 11.7. The van der Waals surface area contributed by atoms with E-state index in [9.17, 15) is 4.39 Å². The molecule has 0 radical (unpaired) electrons. The Bertz CT molecular complexity index is 1500. The van der Waals surface area contributed by atoms with Crippen molar-refractivity contribution < 1.29 is 9.13 Å². The molecule has 0 atom stereocenters. The smallest absolute Gasteiger partial charge is 0.177 e. The molecule has 1 saturated heterocycles. The van der Waals surface area contributed by atoms with E-state index in [1.165, 1.54) is 6.07 Å². The van der Waals surface area contributed by atoms with Crippen LogP contribution in [0.1, 0.15) is 25.7 Å². The highest BCUT2D eigenvalue weighted by molar-refractivity contribution is 5.77. The molecule has 1 fully saturated rings. The molecule has 5 heterocycles. The Labute approximate surface area is 200 Å². The lowest BCUT2D eigenvalue weighted by Crippen LogP contribution is -2.37. The number of hydrogen-bond acceptors (Lipinski definition) is 7. The Hall–Kier alpha value is -3.99. The molecule has 0 amide bonds. The molecule has 2 N–H and O–H groups in total. The summed E-state index contributed by atoms with van der Waals surface area (Å²) in [7, 11) is 0. The van der Waals surface area contributed by atoms with Crippen LogP contribution in [0.5, 0.6) is 0 Å². The van der Waals surface area contributed by atoms with E-state index < -0.39 is 0 Å². The van der Waals surface area contributed by atoms with E-state index in [1.807, 2.05) is 39.9 Å². The number of nitrogens with one attached hydrogen (secondary N) is 2. The van der Waals surface area contributed by atoms with Gasteiger partial charge in [0.15, 0.2) is 17.3 Å². The number of hydrogen-bond donors (Lipinski definition) is 2. The fourth-order valence-corrected chi connectivity index (χ4v) is 4.29. The van der Waals surface area contributed by atoms with Gasteiger partial charge in [-0.25, -0.2) is 18.9 Å². The topological polar surface area (TPSA) is 101 Å². The van der Waals surface area contributed by atoms with Crippen molar-refractivity contribution in [2.75, 3.05) is 36.5 Å². The predicted molar refractivity (Wildman–Crippen MR) is 131 cm³/mol. The molecular formula is C24H26FN9O. The van der Waals surface area contributed by atoms with Crippen molar-refractivity contribution in [1.82, 2.24) is 34.3 Å². The fourth-order valence-electron chi connectivity index (χ4n) is 4.29. The highest BCUT2D eigenvalue weighted by atomic mass is 19.1. The molecule has 0 aliphatic carbocycles. The second-order valence-electron chi connectivity index (χ2n) is 8.87. The second-order valence-corrected chi connectivity index (χ2v) is 8.87. The molecule has 1 aliphatic rings. The van der Waals surface area contributed by atoms with Crippen LogP contribution in [0, 0.1) is 5.82 Å². The first-order valence-corrected chi connectivity index (χ1v) is 11.7. The minimum atomic E-state index is -0.342. The largest absolute Gasteiger partial charge is 0.378 e. The first kappa shape index (κ1) is 21.5. The number of ether oxygens (including phenoxy) is 1. The molecule has 180 valence electrons. The number of anilines is 2. The lowest BCUT2D eigenvalue weighted by molar-refractivity contribution is 0.122. The van der Waals surface area contributed by atoms with Crippen LogP contribution in [0.3, 0.4) is 0 Å². The highest BCUT2D eigenvalue weighted by Crippen LogP contribution is 2.28. The van der Waals surface area contributed by atoms with E-state index in [0.717, 1.165) is 35.9 Å². The number of fused-ring (bicyclic) bond motifs is 2. The van der Waals surface area contributed by atoms with Gasteiger partial charge < -0.3 is 19.9 Å². The van der Waals surface area contributed by atoms with Gasteiger partial charge in [-0.05, 0) is 26.0 Å². The Morgan fingerprint density at radius 1 is 1.20 bits per heavy atom. The molecule has 0 unspecified atom stereocenters. The van der Waals surface area contributed by atoms with Gasteiger partial charge in [-0.15, -0.1) is 5.10 Å². The summed E-state index contributed by atoms with van der Waals surface area (Å²) < 4.78 is 23.4. The van der Waals surface area contributed by atoms with Gasteiger partial charge in [-0.1, -0.05) is 6.07 Å². The van der Waals surface area contributed by atoms with Crippen molar-refractivity contribution in [2.45, 2.75) is 26.4 Å². The second kappa shape index (κ2) is 8.66. The molecule has 35 heavy (non-hydrogen) atoms. The van der Waals surface area contributed by atoms with Gasteiger partial charge in [0.25, 0.3) is 0 Å². The van der Waals surface area contributed by atoms with Gasteiger partial charge >= 0.3 is 0 Å². The molecule has 1 aliphatic heterocycles. The van der Waals surface area contributed by atoms with E-state index in [-0.39, 0.29) is 11.9 Å². The van der Waals surface area contributed by atoms with Crippen LogP contribution in [0.25, 0.3) is 27.9 Å². The van der Waals surface area contributed by atoms with Crippen molar-refractivity contribution in [3.05, 3.63) is 54.5 Å². The van der Waals surface area contributed by atoms with Crippen molar-refractivity contribution in [3.63, 3.8) is 0 Å². The lowest BCUT2D eigenvalue weighted by Gasteiger charge is -2.28. The number of aromatic nitrogens is 7. The summed E-state index contributed by atoms with van der Waals surface area (Å²) in [5.41, 5.74) is 4.30. The molecule has 0 spiro atoms. The van der Waals surface area contributed by atoms with Crippen LogP contribution >= 0.6 is 0 Å². The van der Waals surface area contributed by atoms with Gasteiger partial charge in [-0.2, -0.15) is 5.10 Å². The molecule has 6 rings (SSSR count). The maximum absolute atomic E-state index is 14.1. The van der Waals surface area contributed by atoms with Crippen molar-refractivity contribution >= 4 is 28.2 Å². The molecule has 4 aromatic heterocycles. The van der Waals surface area contributed by atoms with Crippen LogP contribution < -0.4 is 10.2 Å². The number of aromatic amines is 1. The SMILES string of the molecule is CC(C)n1cc(-c2cnc3c(NCc4nc5c(F)cccc5[nH]4)cc(N4CCOCC4)nn23)cn1. The number of para-hydroxylation sites is 1. The fraction of sp³-hybridized carbons (Fsp3) is 0.333. The number of benzene rings is 1. The molecule has 5 aromatic rings. The number of halogens is 1. The van der Waals surface area contributed by atoms with E-state index >= 15 is 0 Å². The molecule has 0 bridgehead atoms. The standard InChI is InChI=1S/C24H26FN9O/c1-15(2)33-14-16(11-28-33)20-12-27-24-19(10-22(31-34(20)24)32-6-8-35-9-7-32)26-13-21-29-18-5-3-4-17(25)23(18)30-21/h3-5,10-12,14-15,26H,6-9,13H2,1-2H3,(H,29,30). The quantitative estimate of drug-likeness (QED) is 0.387. The third-order valence-corrected chi connectivity index (χ3v) is 6.17. The summed E-state index contributed by atoms with van der Waals surface area (Å²) in [6.45, 7) is 7.39. The van der Waals surface area contributed by atoms with Crippen molar-refractivity contribution in [3.8, 4) is 11.3 Å². The minimum absolute atomic E-state index is 0.255. The lowest BCUT2D eigenvalue weighted by atomic mass is 10.3. The van der Waals surface area contributed by atoms with E-state index in [0.29, 0.717) is 42.3 Å². The highest BCUT2D eigenvalue weighted by Gasteiger charge is 2.19. The summed E-state index contributed by atoms with van der Waals surface area (Å²) in [4.78, 5) is 14.5. The molecule has 10 nitrogen and oxygen atoms in total. The number of imidazole rings is 2. The maximum atomic E-state index is 14.1. The Balaban J connectivity index is 1.39. The van der Waals surface area contributed by atoms with Crippen molar-refractivity contribution in [1.29, 1.82) is 0 Å². The molecule has 11 heteroatoms. The summed E-state index contributed by atoms with van der Waals surface area (Å²) in [5.74, 6) is 1.12. The monoisotopic (exact) mass is 475 g/mol. The number of H-pyrrole nitrogens is 1. The zero-order valence-electron chi connectivity index (χ0n) is 19.6. The third-order valence-electron chi connectivity index (χ3n) is 6.17. The van der Waals surface area contributed by atoms with E-state index in [4.69, 9.17) is 9.84 Å². The minimum Gasteiger partial charge on any atom is -0.378 e. The Morgan fingerprint density at radius 2 is 2.06 bits per heavy atom. The van der Waals surface area contributed by atoms with Crippen LogP contribution in [-0.4, -0.2) is 60.6 Å². The van der Waals surface area contributed by atoms with Gasteiger partial charge in [0, 0.05) is 37.0 Å². The summed E-state index contributed by atoms with van der Waals surface area (Å²) in [5, 5.41) is 12.8.